The monoisotopic (exact) mass is 158 g/mol. The number of benzene rings is 1. The van der Waals surface area contributed by atoms with E-state index >= 15 is 0 Å². The van der Waals surface area contributed by atoms with Crippen molar-refractivity contribution in [2.75, 3.05) is 0 Å². The zero-order valence-corrected chi connectivity index (χ0v) is 7.17. The number of hydrogen-bond donors (Lipinski definition) is 0. The Morgan fingerprint density at radius 3 is 2.75 bits per heavy atom. The van der Waals surface area contributed by atoms with Gasteiger partial charge in [0.25, 0.3) is 0 Å². The molecule has 0 atom stereocenters. The Balaban J connectivity index is 2.67. The van der Waals surface area contributed by atoms with Crippen LogP contribution in [-0.2, 0) is 6.42 Å². The van der Waals surface area contributed by atoms with Crippen molar-refractivity contribution in [2.45, 2.75) is 13.3 Å². The molecule has 12 heavy (non-hydrogen) atoms. The summed E-state index contributed by atoms with van der Waals surface area (Å²) in [4.78, 5) is 3.38. The van der Waals surface area contributed by atoms with Crippen molar-refractivity contribution in [3.63, 3.8) is 0 Å². The van der Waals surface area contributed by atoms with E-state index in [1.54, 1.807) is 0 Å². The van der Waals surface area contributed by atoms with Crippen molar-refractivity contribution in [1.29, 1.82) is 0 Å². The average molecular weight is 158 g/mol. The quantitative estimate of drug-likeness (QED) is 0.604. The van der Waals surface area contributed by atoms with Gasteiger partial charge in [0.05, 0.1) is 0 Å². The maximum Gasteiger partial charge on any atom is 0.210 e. The minimum Gasteiger partial charge on any atom is -0.208 e. The number of pyridine rings is 1. The number of rotatable bonds is 1. The second-order valence-electron chi connectivity index (χ2n) is 2.92. The molecule has 1 nitrogen and oxygen atoms in total. The molecule has 2 rings (SSSR count). The Kier molecular flexibility index (Phi) is 1.78. The van der Waals surface area contributed by atoms with Crippen LogP contribution in [-0.4, -0.2) is 0 Å². The van der Waals surface area contributed by atoms with E-state index in [4.69, 9.17) is 0 Å². The van der Waals surface area contributed by atoms with Crippen LogP contribution >= 0.6 is 0 Å². The van der Waals surface area contributed by atoms with Crippen molar-refractivity contribution in [3.8, 4) is 0 Å². The summed E-state index contributed by atoms with van der Waals surface area (Å²) in [6, 6.07) is 12.6. The molecular weight excluding hydrogens is 146 g/mol. The van der Waals surface area contributed by atoms with Crippen molar-refractivity contribution in [2.24, 2.45) is 0 Å². The SMILES string of the molecule is CCc1ccc2ccccc2[nH+]1. The van der Waals surface area contributed by atoms with Crippen molar-refractivity contribution in [3.05, 3.63) is 42.1 Å². The van der Waals surface area contributed by atoms with E-state index in [2.05, 4.69) is 48.3 Å². The highest BCUT2D eigenvalue weighted by atomic mass is 14.7. The van der Waals surface area contributed by atoms with Gasteiger partial charge in [-0.15, -0.1) is 0 Å². The molecule has 60 valence electrons. The third-order valence-electron chi connectivity index (χ3n) is 2.10. The topological polar surface area (TPSA) is 14.1 Å². The van der Waals surface area contributed by atoms with Crippen molar-refractivity contribution < 1.29 is 4.98 Å². The Morgan fingerprint density at radius 2 is 1.92 bits per heavy atom. The normalized spacial score (nSPS) is 10.4. The second kappa shape index (κ2) is 2.94. The molecule has 2 aromatic rings. The Labute approximate surface area is 72.1 Å². The molecule has 1 N–H and O–H groups in total. The number of para-hydroxylation sites is 1. The summed E-state index contributed by atoms with van der Waals surface area (Å²) in [6.07, 6.45) is 1.06. The van der Waals surface area contributed by atoms with E-state index in [0.717, 1.165) is 6.42 Å². The summed E-state index contributed by atoms with van der Waals surface area (Å²) < 4.78 is 0. The number of nitrogens with one attached hydrogen (secondary N) is 1. The minimum absolute atomic E-state index is 1.06. The van der Waals surface area contributed by atoms with Crippen molar-refractivity contribution in [1.82, 2.24) is 0 Å². The van der Waals surface area contributed by atoms with Crippen LogP contribution in [0.3, 0.4) is 0 Å². The maximum absolute atomic E-state index is 3.38. The Morgan fingerprint density at radius 1 is 1.08 bits per heavy atom. The predicted molar refractivity (Wildman–Crippen MR) is 49.9 cm³/mol. The highest BCUT2D eigenvalue weighted by molar-refractivity contribution is 5.74. The first-order chi connectivity index (χ1) is 5.90. The van der Waals surface area contributed by atoms with Crippen LogP contribution in [0.4, 0.5) is 0 Å². The average Bonchev–Trinajstić information content (AvgIpc) is 2.17. The molecule has 0 amide bonds. The van der Waals surface area contributed by atoms with E-state index in [-0.39, 0.29) is 0 Å². The molecule has 0 radical (unpaired) electrons. The summed E-state index contributed by atoms with van der Waals surface area (Å²) in [6.45, 7) is 2.15. The molecule has 0 saturated carbocycles. The first-order valence-electron chi connectivity index (χ1n) is 4.30. The smallest absolute Gasteiger partial charge is 0.208 e. The first-order valence-corrected chi connectivity index (χ1v) is 4.30. The van der Waals surface area contributed by atoms with Crippen LogP contribution in [0.2, 0.25) is 0 Å². The molecule has 1 heterocycles. The van der Waals surface area contributed by atoms with Gasteiger partial charge in [-0.3, -0.25) is 0 Å². The molecule has 0 aliphatic heterocycles. The molecule has 0 aliphatic rings. The van der Waals surface area contributed by atoms with Crippen LogP contribution in [0, 0.1) is 0 Å². The van der Waals surface area contributed by atoms with Gasteiger partial charge in [0.2, 0.25) is 5.52 Å². The van der Waals surface area contributed by atoms with Gasteiger partial charge < -0.3 is 0 Å². The van der Waals surface area contributed by atoms with Crippen LogP contribution < -0.4 is 4.98 Å². The summed E-state index contributed by atoms with van der Waals surface area (Å²) >= 11 is 0. The van der Waals surface area contributed by atoms with Crippen LogP contribution in [0.15, 0.2) is 36.4 Å². The molecule has 1 aromatic heterocycles. The summed E-state index contributed by atoms with van der Waals surface area (Å²) in [5.41, 5.74) is 2.51. The number of aromatic nitrogens is 1. The van der Waals surface area contributed by atoms with Gasteiger partial charge in [-0.2, -0.15) is 0 Å². The first kappa shape index (κ1) is 7.29. The van der Waals surface area contributed by atoms with Crippen LogP contribution in [0.5, 0.6) is 0 Å². The summed E-state index contributed by atoms with van der Waals surface area (Å²) in [7, 11) is 0. The highest BCUT2D eigenvalue weighted by Gasteiger charge is 2.00. The largest absolute Gasteiger partial charge is 0.210 e. The lowest BCUT2D eigenvalue weighted by Crippen LogP contribution is -2.10. The Hall–Kier alpha value is -1.37. The van der Waals surface area contributed by atoms with E-state index in [0.29, 0.717) is 0 Å². The molecule has 1 aromatic carbocycles. The summed E-state index contributed by atoms with van der Waals surface area (Å²) in [5, 5.41) is 1.27. The Bertz CT molecular complexity index is 393. The number of hydrogen-bond acceptors (Lipinski definition) is 0. The zero-order chi connectivity index (χ0) is 8.39. The van der Waals surface area contributed by atoms with E-state index in [1.807, 2.05) is 0 Å². The molecule has 0 fully saturated rings. The lowest BCUT2D eigenvalue weighted by molar-refractivity contribution is -0.357. The van der Waals surface area contributed by atoms with Gasteiger partial charge in [-0.1, -0.05) is 19.1 Å². The number of H-pyrrole nitrogens is 1. The fraction of sp³-hybridized carbons (Fsp3) is 0.182. The minimum atomic E-state index is 1.06. The van der Waals surface area contributed by atoms with E-state index < -0.39 is 0 Å². The fourth-order valence-electron chi connectivity index (χ4n) is 1.37. The molecule has 0 unspecified atom stereocenters. The molecule has 0 bridgehead atoms. The van der Waals surface area contributed by atoms with Crippen LogP contribution in [0.25, 0.3) is 10.9 Å². The molecule has 0 aliphatic carbocycles. The lowest BCUT2D eigenvalue weighted by Gasteiger charge is -1.92. The molecule has 0 saturated heterocycles. The van der Waals surface area contributed by atoms with Gasteiger partial charge >= 0.3 is 0 Å². The van der Waals surface area contributed by atoms with Gasteiger partial charge in [0.15, 0.2) is 5.69 Å². The predicted octanol–water partition coefficient (Wildman–Crippen LogP) is 2.22. The van der Waals surface area contributed by atoms with E-state index in [1.165, 1.54) is 16.6 Å². The standard InChI is InChI=1S/C11H11N/c1-2-10-8-7-9-5-3-4-6-11(9)12-10/h3-8H,2H2,1H3/p+1. The van der Waals surface area contributed by atoms with Gasteiger partial charge in [-0.25, -0.2) is 4.98 Å². The number of fused-ring (bicyclic) bond motifs is 1. The molecular formula is C11H12N+. The van der Waals surface area contributed by atoms with Gasteiger partial charge in [0.1, 0.15) is 0 Å². The number of aromatic amines is 1. The third-order valence-corrected chi connectivity index (χ3v) is 2.10. The van der Waals surface area contributed by atoms with Gasteiger partial charge in [-0.05, 0) is 12.1 Å². The van der Waals surface area contributed by atoms with E-state index in [9.17, 15) is 0 Å². The van der Waals surface area contributed by atoms with Gasteiger partial charge in [0, 0.05) is 23.9 Å². The fourth-order valence-corrected chi connectivity index (χ4v) is 1.37. The second-order valence-corrected chi connectivity index (χ2v) is 2.92. The lowest BCUT2D eigenvalue weighted by atomic mass is 10.2. The molecule has 0 spiro atoms. The van der Waals surface area contributed by atoms with Crippen molar-refractivity contribution >= 4 is 10.9 Å². The third kappa shape index (κ3) is 1.18. The highest BCUT2D eigenvalue weighted by Crippen LogP contribution is 2.07. The van der Waals surface area contributed by atoms with Crippen LogP contribution in [0.1, 0.15) is 12.6 Å². The zero-order valence-electron chi connectivity index (χ0n) is 7.17. The molecule has 1 heteroatoms. The maximum atomic E-state index is 3.38. The number of aryl methyl sites for hydroxylation is 1. The summed E-state index contributed by atoms with van der Waals surface area (Å²) in [5.74, 6) is 0.